The Balaban J connectivity index is 1.35. The quantitative estimate of drug-likeness (QED) is 0.385. The number of hydrogen-bond acceptors (Lipinski definition) is 8. The molecule has 0 saturated carbocycles. The number of hydrogen-bond donors (Lipinski definition) is 0. The molecule has 2 fully saturated rings. The van der Waals surface area contributed by atoms with Gasteiger partial charge in [0.1, 0.15) is 12.2 Å². The first kappa shape index (κ1) is 25.6. The van der Waals surface area contributed by atoms with E-state index in [2.05, 4.69) is 4.90 Å². The van der Waals surface area contributed by atoms with Crippen LogP contribution in [0.25, 0.3) is 6.08 Å². The monoisotopic (exact) mass is 495 g/mol. The van der Waals surface area contributed by atoms with Gasteiger partial charge in [-0.25, -0.2) is 4.79 Å². The summed E-state index contributed by atoms with van der Waals surface area (Å²) in [6, 6.07) is 13.3. The van der Waals surface area contributed by atoms with Crippen LogP contribution in [0.4, 0.5) is 0 Å². The second-order valence-corrected chi connectivity index (χ2v) is 9.14. The standard InChI is InChI=1S/C28H33NO7/c1-29-20-15-21(35-27(31)14-18-8-6-5-7-9-18)17-22(29)23(16-20)36-26(30)11-10-19-12-24(32-2)28(34-4)25(13-19)33-3/h5-13,20-23H,14-17H2,1-4H3/b11-10-/t20-,21+,22+,23+/m1/s1. The van der Waals surface area contributed by atoms with Gasteiger partial charge in [0, 0.05) is 31.4 Å². The minimum atomic E-state index is -0.424. The Hall–Kier alpha value is -3.52. The number of ether oxygens (including phenoxy) is 5. The lowest BCUT2D eigenvalue weighted by Gasteiger charge is -2.36. The van der Waals surface area contributed by atoms with Crippen LogP contribution < -0.4 is 14.2 Å². The summed E-state index contributed by atoms with van der Waals surface area (Å²) in [5, 5.41) is 0. The van der Waals surface area contributed by atoms with E-state index in [0.717, 1.165) is 18.4 Å². The zero-order valence-corrected chi connectivity index (χ0v) is 21.1. The van der Waals surface area contributed by atoms with Crippen molar-refractivity contribution in [3.63, 3.8) is 0 Å². The molecule has 0 aromatic heterocycles. The van der Waals surface area contributed by atoms with Crippen LogP contribution in [0.5, 0.6) is 17.2 Å². The SMILES string of the molecule is COc1cc(/C=C\C(=O)O[C@H]2C[C@H]3C[C@H](OC(=O)Cc4ccccc4)C[C@@H]2N3C)cc(OC)c1OC. The summed E-state index contributed by atoms with van der Waals surface area (Å²) in [5.41, 5.74) is 1.65. The average molecular weight is 496 g/mol. The Morgan fingerprint density at radius 3 is 2.28 bits per heavy atom. The Labute approximate surface area is 211 Å². The Morgan fingerprint density at radius 1 is 0.944 bits per heavy atom. The highest BCUT2D eigenvalue weighted by atomic mass is 16.6. The Morgan fingerprint density at radius 2 is 1.64 bits per heavy atom. The summed E-state index contributed by atoms with van der Waals surface area (Å²) in [6.45, 7) is 0. The van der Waals surface area contributed by atoms with E-state index in [1.165, 1.54) is 13.2 Å². The number of rotatable bonds is 9. The van der Waals surface area contributed by atoms with Crippen molar-refractivity contribution < 1.29 is 33.3 Å². The van der Waals surface area contributed by atoms with Gasteiger partial charge in [-0.05, 0) is 36.4 Å². The van der Waals surface area contributed by atoms with Gasteiger partial charge in [0.15, 0.2) is 11.5 Å². The number of methoxy groups -OCH3 is 3. The lowest BCUT2D eigenvalue weighted by Crippen LogP contribution is -2.46. The maximum atomic E-state index is 12.7. The van der Waals surface area contributed by atoms with Gasteiger partial charge >= 0.3 is 11.9 Å². The fourth-order valence-corrected chi connectivity index (χ4v) is 5.14. The van der Waals surface area contributed by atoms with E-state index in [9.17, 15) is 9.59 Å². The zero-order valence-electron chi connectivity index (χ0n) is 21.1. The molecule has 0 spiro atoms. The number of carbonyl (C=O) groups is 2. The second kappa shape index (κ2) is 11.5. The first-order chi connectivity index (χ1) is 17.4. The molecule has 2 aromatic carbocycles. The molecule has 4 rings (SSSR count). The molecule has 0 unspecified atom stereocenters. The van der Waals surface area contributed by atoms with Gasteiger partial charge in [-0.3, -0.25) is 9.69 Å². The van der Waals surface area contributed by atoms with E-state index in [-0.39, 0.29) is 36.7 Å². The van der Waals surface area contributed by atoms with Crippen LogP contribution >= 0.6 is 0 Å². The minimum Gasteiger partial charge on any atom is -0.493 e. The van der Waals surface area contributed by atoms with E-state index in [1.54, 1.807) is 32.4 Å². The van der Waals surface area contributed by atoms with E-state index >= 15 is 0 Å². The summed E-state index contributed by atoms with van der Waals surface area (Å²) >= 11 is 0. The van der Waals surface area contributed by atoms with Crippen molar-refractivity contribution >= 4 is 18.0 Å². The number of nitrogens with zero attached hydrogens (tertiary/aromatic N) is 1. The molecule has 2 heterocycles. The molecule has 36 heavy (non-hydrogen) atoms. The van der Waals surface area contributed by atoms with Gasteiger partial charge in [0.25, 0.3) is 0 Å². The lowest BCUT2D eigenvalue weighted by atomic mass is 10.00. The zero-order chi connectivity index (χ0) is 25.7. The number of carbonyl (C=O) groups excluding carboxylic acids is 2. The third-order valence-corrected chi connectivity index (χ3v) is 6.93. The first-order valence-electron chi connectivity index (χ1n) is 12.1. The summed E-state index contributed by atoms with van der Waals surface area (Å²) < 4.78 is 27.7. The third-order valence-electron chi connectivity index (χ3n) is 6.93. The summed E-state index contributed by atoms with van der Waals surface area (Å²) in [6.07, 6.45) is 4.99. The van der Waals surface area contributed by atoms with Crippen molar-refractivity contribution in [3.8, 4) is 17.2 Å². The highest BCUT2D eigenvalue weighted by Crippen LogP contribution is 2.39. The van der Waals surface area contributed by atoms with Crippen LogP contribution in [0.1, 0.15) is 30.4 Å². The topological polar surface area (TPSA) is 83.5 Å². The predicted octanol–water partition coefficient (Wildman–Crippen LogP) is 3.66. The van der Waals surface area contributed by atoms with Crippen LogP contribution in [0.2, 0.25) is 0 Å². The maximum absolute atomic E-state index is 12.7. The molecular weight excluding hydrogens is 462 g/mol. The highest BCUT2D eigenvalue weighted by molar-refractivity contribution is 5.87. The van der Waals surface area contributed by atoms with E-state index in [0.29, 0.717) is 29.2 Å². The summed E-state index contributed by atoms with van der Waals surface area (Å²) in [7, 11) is 6.66. The molecule has 4 atom stereocenters. The number of fused-ring (bicyclic) bond motifs is 2. The molecule has 2 aliphatic rings. The van der Waals surface area contributed by atoms with Crippen molar-refractivity contribution in [3.05, 3.63) is 59.7 Å². The molecular formula is C28H33NO7. The Bertz CT molecular complexity index is 1080. The van der Waals surface area contributed by atoms with Crippen molar-refractivity contribution in [1.29, 1.82) is 0 Å². The molecule has 2 aromatic rings. The van der Waals surface area contributed by atoms with Gasteiger partial charge in [0.2, 0.25) is 5.75 Å². The smallest absolute Gasteiger partial charge is 0.331 e. The Kier molecular flexibility index (Phi) is 8.15. The number of benzene rings is 2. The fourth-order valence-electron chi connectivity index (χ4n) is 5.14. The van der Waals surface area contributed by atoms with Crippen molar-refractivity contribution in [2.24, 2.45) is 0 Å². The largest absolute Gasteiger partial charge is 0.493 e. The summed E-state index contributed by atoms with van der Waals surface area (Å²) in [5.74, 6) is 0.845. The second-order valence-electron chi connectivity index (χ2n) is 9.14. The maximum Gasteiger partial charge on any atom is 0.331 e. The van der Waals surface area contributed by atoms with Crippen LogP contribution in [0.3, 0.4) is 0 Å². The van der Waals surface area contributed by atoms with Gasteiger partial charge in [0.05, 0.1) is 33.8 Å². The van der Waals surface area contributed by atoms with Crippen LogP contribution in [-0.2, 0) is 25.5 Å². The van der Waals surface area contributed by atoms with Gasteiger partial charge in [-0.1, -0.05) is 30.3 Å². The third kappa shape index (κ3) is 5.82. The van der Waals surface area contributed by atoms with Crippen molar-refractivity contribution in [2.75, 3.05) is 28.4 Å². The van der Waals surface area contributed by atoms with Crippen molar-refractivity contribution in [2.45, 2.75) is 50.0 Å². The van der Waals surface area contributed by atoms with Crippen LogP contribution in [0, 0.1) is 0 Å². The van der Waals surface area contributed by atoms with Crippen molar-refractivity contribution in [1.82, 2.24) is 4.90 Å². The molecule has 8 nitrogen and oxygen atoms in total. The van der Waals surface area contributed by atoms with Gasteiger partial charge in [-0.2, -0.15) is 0 Å². The minimum absolute atomic E-state index is 0.0109. The van der Waals surface area contributed by atoms with Gasteiger partial charge in [-0.15, -0.1) is 0 Å². The van der Waals surface area contributed by atoms with Crippen LogP contribution in [-0.4, -0.2) is 69.5 Å². The van der Waals surface area contributed by atoms with Gasteiger partial charge < -0.3 is 23.7 Å². The lowest BCUT2D eigenvalue weighted by molar-refractivity contribution is -0.153. The van der Waals surface area contributed by atoms with Crippen LogP contribution in [0.15, 0.2) is 48.5 Å². The molecule has 2 saturated heterocycles. The molecule has 192 valence electrons. The molecule has 0 amide bonds. The molecule has 2 bridgehead atoms. The summed E-state index contributed by atoms with van der Waals surface area (Å²) in [4.78, 5) is 27.4. The number of esters is 2. The average Bonchev–Trinajstić information content (AvgIpc) is 3.04. The fraction of sp³-hybridized carbons (Fsp3) is 0.429. The van der Waals surface area contributed by atoms with E-state index < -0.39 is 5.97 Å². The molecule has 0 aliphatic carbocycles. The normalized spacial score (nSPS) is 23.3. The first-order valence-corrected chi connectivity index (χ1v) is 12.1. The molecule has 0 radical (unpaired) electrons. The van der Waals surface area contributed by atoms with E-state index in [1.807, 2.05) is 37.4 Å². The predicted molar refractivity (Wildman–Crippen MR) is 134 cm³/mol. The number of likely N-dealkylation sites (N-methyl/N-ethyl adjacent to an activating group) is 1. The molecule has 8 heteroatoms. The van der Waals surface area contributed by atoms with E-state index in [4.69, 9.17) is 23.7 Å². The molecule has 2 aliphatic heterocycles. The number of piperidine rings is 1. The highest BCUT2D eigenvalue weighted by Gasteiger charge is 2.47. The molecule has 0 N–H and O–H groups in total.